The number of hydrogen-bond donors (Lipinski definition) is 0. The van der Waals surface area contributed by atoms with Crippen molar-refractivity contribution in [2.24, 2.45) is 0 Å². The van der Waals surface area contributed by atoms with Crippen LogP contribution in [0.15, 0.2) is 18.2 Å². The molecule has 19 heavy (non-hydrogen) atoms. The Morgan fingerprint density at radius 2 is 1.95 bits per heavy atom. The molecule has 1 aliphatic rings. The van der Waals surface area contributed by atoms with Crippen LogP contribution in [0, 0.1) is 10.1 Å². The summed E-state index contributed by atoms with van der Waals surface area (Å²) < 4.78 is 50.6. The molecular weight excluding hydrogens is 271 g/mol. The first-order chi connectivity index (χ1) is 8.87. The first kappa shape index (κ1) is 13.6. The fourth-order valence-corrected chi connectivity index (χ4v) is 1.59. The van der Waals surface area contributed by atoms with Gasteiger partial charge in [-0.25, -0.2) is 0 Å². The van der Waals surface area contributed by atoms with Crippen molar-refractivity contribution in [3.05, 3.63) is 33.9 Å². The quantitative estimate of drug-likeness (QED) is 0.628. The van der Waals surface area contributed by atoms with Crippen molar-refractivity contribution in [3.8, 4) is 5.75 Å². The molecule has 0 atom stereocenters. The lowest BCUT2D eigenvalue weighted by Gasteiger charge is -2.16. The predicted octanol–water partition coefficient (Wildman–Crippen LogP) is 2.54. The van der Waals surface area contributed by atoms with E-state index in [-0.39, 0.29) is 24.5 Å². The molecular formula is C10H8F3NO5. The molecule has 0 N–H and O–H groups in total. The highest BCUT2D eigenvalue weighted by atomic mass is 19.4. The van der Waals surface area contributed by atoms with E-state index in [1.54, 1.807) is 0 Å². The van der Waals surface area contributed by atoms with Gasteiger partial charge in [0.15, 0.2) is 6.29 Å². The zero-order valence-corrected chi connectivity index (χ0v) is 9.35. The molecule has 0 saturated carbocycles. The third-order valence-electron chi connectivity index (χ3n) is 2.31. The van der Waals surface area contributed by atoms with E-state index in [4.69, 9.17) is 9.47 Å². The number of rotatable bonds is 3. The topological polar surface area (TPSA) is 70.8 Å². The summed E-state index contributed by atoms with van der Waals surface area (Å²) in [5, 5.41) is 10.6. The summed E-state index contributed by atoms with van der Waals surface area (Å²) in [7, 11) is 0. The molecule has 0 spiro atoms. The van der Waals surface area contributed by atoms with E-state index in [9.17, 15) is 23.3 Å². The highest BCUT2D eigenvalue weighted by Gasteiger charge is 2.34. The highest BCUT2D eigenvalue weighted by Crippen LogP contribution is 2.36. The first-order valence-electron chi connectivity index (χ1n) is 5.14. The van der Waals surface area contributed by atoms with Crippen molar-refractivity contribution in [3.63, 3.8) is 0 Å². The maximum absolute atomic E-state index is 12.2. The van der Waals surface area contributed by atoms with E-state index in [0.717, 1.165) is 18.2 Å². The Bertz CT molecular complexity index is 485. The summed E-state index contributed by atoms with van der Waals surface area (Å²) in [5.41, 5.74) is -0.535. The monoisotopic (exact) mass is 279 g/mol. The number of alkyl halides is 3. The van der Waals surface area contributed by atoms with Gasteiger partial charge in [-0.05, 0) is 6.07 Å². The van der Waals surface area contributed by atoms with Crippen LogP contribution in [0.1, 0.15) is 11.9 Å². The summed E-state index contributed by atoms with van der Waals surface area (Å²) in [5.74, 6) is -0.579. The lowest BCUT2D eigenvalue weighted by Crippen LogP contribution is -2.19. The number of ether oxygens (including phenoxy) is 3. The van der Waals surface area contributed by atoms with Crippen LogP contribution in [-0.4, -0.2) is 24.5 Å². The molecule has 104 valence electrons. The molecule has 1 fully saturated rings. The van der Waals surface area contributed by atoms with Crippen LogP contribution in [0.2, 0.25) is 0 Å². The van der Waals surface area contributed by atoms with E-state index in [2.05, 4.69) is 4.74 Å². The lowest BCUT2D eigenvalue weighted by atomic mass is 10.1. The Balaban J connectivity index is 2.38. The number of halogens is 3. The minimum absolute atomic E-state index is 0.163. The van der Waals surface area contributed by atoms with Gasteiger partial charge in [0, 0.05) is 12.1 Å². The van der Waals surface area contributed by atoms with Gasteiger partial charge in [0.05, 0.1) is 23.7 Å². The third kappa shape index (κ3) is 3.32. The Morgan fingerprint density at radius 1 is 1.32 bits per heavy atom. The number of nitrogens with zero attached hydrogens (tertiary/aromatic N) is 1. The molecule has 6 nitrogen and oxygen atoms in total. The molecule has 1 aromatic rings. The summed E-state index contributed by atoms with van der Waals surface area (Å²) in [6.45, 7) is 0.387. The smallest absolute Gasteiger partial charge is 0.405 e. The maximum Gasteiger partial charge on any atom is 0.573 e. The molecule has 2 rings (SSSR count). The van der Waals surface area contributed by atoms with E-state index < -0.39 is 23.3 Å². The second-order valence-corrected chi connectivity index (χ2v) is 3.60. The van der Waals surface area contributed by atoms with E-state index in [1.165, 1.54) is 0 Å². The lowest BCUT2D eigenvalue weighted by molar-refractivity contribution is -0.385. The largest absolute Gasteiger partial charge is 0.573 e. The van der Waals surface area contributed by atoms with Crippen LogP contribution in [0.25, 0.3) is 0 Å². The molecule has 1 aromatic carbocycles. The summed E-state index contributed by atoms with van der Waals surface area (Å²) >= 11 is 0. The zero-order chi connectivity index (χ0) is 14.0. The highest BCUT2D eigenvalue weighted by molar-refractivity contribution is 5.44. The Kier molecular flexibility index (Phi) is 3.58. The van der Waals surface area contributed by atoms with Gasteiger partial charge in [-0.2, -0.15) is 0 Å². The van der Waals surface area contributed by atoms with E-state index >= 15 is 0 Å². The predicted molar refractivity (Wildman–Crippen MR) is 54.4 cm³/mol. The first-order valence-corrected chi connectivity index (χ1v) is 5.14. The minimum Gasteiger partial charge on any atom is -0.405 e. The van der Waals surface area contributed by atoms with Crippen LogP contribution in [0.5, 0.6) is 5.75 Å². The standard InChI is InChI=1S/C10H8F3NO5/c11-10(12,13)19-8-2-1-6(14(15)16)5-7(8)9-17-3-4-18-9/h1-2,5,9H,3-4H2. The van der Waals surface area contributed by atoms with Crippen molar-refractivity contribution in [2.45, 2.75) is 12.7 Å². The second kappa shape index (κ2) is 5.02. The van der Waals surface area contributed by atoms with Crippen LogP contribution in [-0.2, 0) is 9.47 Å². The number of nitro groups is 1. The molecule has 0 amide bonds. The van der Waals surface area contributed by atoms with Gasteiger partial charge >= 0.3 is 6.36 Å². The van der Waals surface area contributed by atoms with Gasteiger partial charge < -0.3 is 14.2 Å². The SMILES string of the molecule is O=[N+]([O-])c1ccc(OC(F)(F)F)c(C2OCCO2)c1. The molecule has 0 bridgehead atoms. The van der Waals surface area contributed by atoms with Gasteiger partial charge in [-0.15, -0.1) is 13.2 Å². The van der Waals surface area contributed by atoms with Crippen molar-refractivity contribution in [1.82, 2.24) is 0 Å². The summed E-state index contributed by atoms with van der Waals surface area (Å²) in [6.07, 6.45) is -6.00. The number of non-ortho nitro benzene ring substituents is 1. The Hall–Kier alpha value is -1.87. The van der Waals surface area contributed by atoms with Crippen molar-refractivity contribution in [1.29, 1.82) is 0 Å². The molecule has 0 aromatic heterocycles. The fourth-order valence-electron chi connectivity index (χ4n) is 1.59. The van der Waals surface area contributed by atoms with Gasteiger partial charge in [-0.1, -0.05) is 0 Å². The fraction of sp³-hybridized carbons (Fsp3) is 0.400. The van der Waals surface area contributed by atoms with E-state index in [1.807, 2.05) is 0 Å². The average molecular weight is 279 g/mol. The molecule has 0 radical (unpaired) electrons. The molecule has 0 aliphatic carbocycles. The number of nitro benzene ring substituents is 1. The zero-order valence-electron chi connectivity index (χ0n) is 9.35. The molecule has 1 saturated heterocycles. The second-order valence-electron chi connectivity index (χ2n) is 3.60. The van der Waals surface area contributed by atoms with E-state index in [0.29, 0.717) is 0 Å². The normalized spacial score (nSPS) is 16.6. The third-order valence-corrected chi connectivity index (χ3v) is 2.31. The van der Waals surface area contributed by atoms with Crippen LogP contribution in [0.3, 0.4) is 0 Å². The number of hydrogen-bond acceptors (Lipinski definition) is 5. The van der Waals surface area contributed by atoms with Gasteiger partial charge in [0.25, 0.3) is 5.69 Å². The average Bonchev–Trinajstić information content (AvgIpc) is 2.80. The summed E-state index contributed by atoms with van der Waals surface area (Å²) in [6, 6.07) is 2.72. The van der Waals surface area contributed by atoms with Crippen LogP contribution < -0.4 is 4.74 Å². The number of benzene rings is 1. The van der Waals surface area contributed by atoms with Crippen molar-refractivity contribution >= 4 is 5.69 Å². The molecule has 1 aliphatic heterocycles. The van der Waals surface area contributed by atoms with Crippen LogP contribution in [0.4, 0.5) is 18.9 Å². The van der Waals surface area contributed by atoms with Gasteiger partial charge in [0.2, 0.25) is 0 Å². The molecule has 0 unspecified atom stereocenters. The van der Waals surface area contributed by atoms with Gasteiger partial charge in [-0.3, -0.25) is 10.1 Å². The van der Waals surface area contributed by atoms with Crippen LogP contribution >= 0.6 is 0 Å². The Labute approximate surface area is 104 Å². The Morgan fingerprint density at radius 3 is 2.47 bits per heavy atom. The van der Waals surface area contributed by atoms with Gasteiger partial charge in [0.1, 0.15) is 5.75 Å². The molecule has 1 heterocycles. The summed E-state index contributed by atoms with van der Waals surface area (Å²) in [4.78, 5) is 9.90. The molecule has 9 heteroatoms. The minimum atomic E-state index is -4.90. The van der Waals surface area contributed by atoms with Crippen molar-refractivity contribution < 1.29 is 32.3 Å². The maximum atomic E-state index is 12.2. The van der Waals surface area contributed by atoms with Crippen molar-refractivity contribution in [2.75, 3.05) is 13.2 Å².